The van der Waals surface area contributed by atoms with Crippen LogP contribution in [0.3, 0.4) is 0 Å². The zero-order valence-electron chi connectivity index (χ0n) is 18.7. The van der Waals surface area contributed by atoms with Crippen LogP contribution in [0.15, 0.2) is 24.7 Å². The standard InChI is InChI=1S/C22H30N6O3/c1-22(2,3)31-21(30)27(5)19-10-18-17(12-23-19)20(14-11-24-26(4)13-14)25-28(18)15-6-8-16(29)9-7-15/h10-13,15-16,29H,6-9H2,1-5H3/t15-,16+. The van der Waals surface area contributed by atoms with E-state index >= 15 is 0 Å². The van der Waals surface area contributed by atoms with Gasteiger partial charge in [0.2, 0.25) is 0 Å². The van der Waals surface area contributed by atoms with E-state index in [0.717, 1.165) is 47.8 Å². The number of ether oxygens (including phenoxy) is 1. The Labute approximate surface area is 181 Å². The summed E-state index contributed by atoms with van der Waals surface area (Å²) in [6, 6.07) is 2.07. The number of aliphatic hydroxyl groups is 1. The molecule has 1 aliphatic rings. The van der Waals surface area contributed by atoms with Crippen molar-refractivity contribution in [3.05, 3.63) is 24.7 Å². The molecule has 0 unspecified atom stereocenters. The van der Waals surface area contributed by atoms with E-state index in [0.29, 0.717) is 5.82 Å². The molecule has 0 spiro atoms. The van der Waals surface area contributed by atoms with Crippen molar-refractivity contribution in [2.75, 3.05) is 11.9 Å². The monoisotopic (exact) mass is 426 g/mol. The topological polar surface area (TPSA) is 98.3 Å². The van der Waals surface area contributed by atoms with Crippen LogP contribution >= 0.6 is 0 Å². The molecular formula is C22H30N6O3. The van der Waals surface area contributed by atoms with Gasteiger partial charge < -0.3 is 9.84 Å². The fourth-order valence-electron chi connectivity index (χ4n) is 3.97. The van der Waals surface area contributed by atoms with Crippen molar-refractivity contribution in [1.29, 1.82) is 0 Å². The van der Waals surface area contributed by atoms with Crippen LogP contribution in [0, 0.1) is 0 Å². The summed E-state index contributed by atoms with van der Waals surface area (Å²) < 4.78 is 9.26. The Morgan fingerprint density at radius 2 is 1.94 bits per heavy atom. The number of fused-ring (bicyclic) bond motifs is 1. The second-order valence-corrected chi connectivity index (χ2v) is 9.26. The molecule has 0 atom stereocenters. The second-order valence-electron chi connectivity index (χ2n) is 9.26. The van der Waals surface area contributed by atoms with Crippen molar-refractivity contribution >= 4 is 22.8 Å². The second kappa shape index (κ2) is 7.96. The number of nitrogens with zero attached hydrogens (tertiary/aromatic N) is 6. The summed E-state index contributed by atoms with van der Waals surface area (Å²) in [7, 11) is 3.53. The molecule has 1 aliphatic carbocycles. The summed E-state index contributed by atoms with van der Waals surface area (Å²) in [5, 5.41) is 20.1. The summed E-state index contributed by atoms with van der Waals surface area (Å²) in [4.78, 5) is 18.5. The van der Waals surface area contributed by atoms with Crippen LogP contribution < -0.4 is 4.90 Å². The van der Waals surface area contributed by atoms with E-state index in [2.05, 4.69) is 10.1 Å². The molecule has 3 aromatic heterocycles. The van der Waals surface area contributed by atoms with Crippen molar-refractivity contribution in [1.82, 2.24) is 24.5 Å². The molecule has 1 amide bonds. The van der Waals surface area contributed by atoms with Gasteiger partial charge >= 0.3 is 6.09 Å². The van der Waals surface area contributed by atoms with E-state index in [1.54, 1.807) is 24.1 Å². The quantitative estimate of drug-likeness (QED) is 0.686. The van der Waals surface area contributed by atoms with Crippen LogP contribution in [0.1, 0.15) is 52.5 Å². The molecule has 9 nitrogen and oxygen atoms in total. The van der Waals surface area contributed by atoms with Gasteiger partial charge in [0.25, 0.3) is 0 Å². The SMILES string of the molecule is CN(C(=O)OC(C)(C)C)c1cc2c(cn1)c(-c1cnn(C)c1)nn2[C@H]1CC[C@@H](O)CC1. The predicted molar refractivity (Wildman–Crippen MR) is 118 cm³/mol. The van der Waals surface area contributed by atoms with E-state index in [4.69, 9.17) is 9.84 Å². The van der Waals surface area contributed by atoms with Gasteiger partial charge in [0.1, 0.15) is 17.1 Å². The molecule has 0 bridgehead atoms. The Morgan fingerprint density at radius 3 is 2.55 bits per heavy atom. The molecular weight excluding hydrogens is 396 g/mol. The minimum absolute atomic E-state index is 0.179. The Morgan fingerprint density at radius 1 is 1.23 bits per heavy atom. The van der Waals surface area contributed by atoms with Gasteiger partial charge in [0.05, 0.1) is 23.9 Å². The summed E-state index contributed by atoms with van der Waals surface area (Å²) in [5.41, 5.74) is 2.04. The largest absolute Gasteiger partial charge is 0.443 e. The molecule has 166 valence electrons. The number of rotatable bonds is 3. The first kappa shape index (κ1) is 21.3. The van der Waals surface area contributed by atoms with Crippen LogP contribution in [0.4, 0.5) is 10.6 Å². The molecule has 0 aromatic carbocycles. The zero-order chi connectivity index (χ0) is 22.3. The molecule has 1 N–H and O–H groups in total. The zero-order valence-corrected chi connectivity index (χ0v) is 18.7. The number of carbonyl (C=O) groups excluding carboxylic acids is 1. The molecule has 0 saturated heterocycles. The third-order valence-electron chi connectivity index (χ3n) is 5.58. The average molecular weight is 427 g/mol. The first-order valence-corrected chi connectivity index (χ1v) is 10.6. The van der Waals surface area contributed by atoms with E-state index < -0.39 is 11.7 Å². The molecule has 1 fully saturated rings. The number of aliphatic hydroxyl groups excluding tert-OH is 1. The number of amides is 1. The Kier molecular flexibility index (Phi) is 5.47. The molecule has 1 saturated carbocycles. The highest BCUT2D eigenvalue weighted by Crippen LogP contribution is 2.35. The maximum absolute atomic E-state index is 12.5. The van der Waals surface area contributed by atoms with E-state index in [-0.39, 0.29) is 12.1 Å². The van der Waals surface area contributed by atoms with Gasteiger partial charge in [-0.1, -0.05) is 0 Å². The normalized spacial score (nSPS) is 19.5. The van der Waals surface area contributed by atoms with Gasteiger partial charge in [-0.3, -0.25) is 14.3 Å². The molecule has 31 heavy (non-hydrogen) atoms. The number of carbonyl (C=O) groups is 1. The first-order chi connectivity index (χ1) is 14.6. The van der Waals surface area contributed by atoms with Crippen molar-refractivity contribution in [2.45, 2.75) is 64.2 Å². The first-order valence-electron chi connectivity index (χ1n) is 10.6. The highest BCUT2D eigenvalue weighted by molar-refractivity contribution is 5.95. The van der Waals surface area contributed by atoms with Crippen molar-refractivity contribution in [3.63, 3.8) is 0 Å². The van der Waals surface area contributed by atoms with Crippen LogP contribution in [-0.2, 0) is 11.8 Å². The number of aryl methyl sites for hydroxylation is 1. The third-order valence-corrected chi connectivity index (χ3v) is 5.58. The predicted octanol–water partition coefficient (Wildman–Crippen LogP) is 3.68. The highest BCUT2D eigenvalue weighted by Gasteiger charge is 2.27. The number of pyridine rings is 1. The van der Waals surface area contributed by atoms with Gasteiger partial charge in [-0.25, -0.2) is 9.78 Å². The summed E-state index contributed by atoms with van der Waals surface area (Å²) in [6.45, 7) is 5.51. The highest BCUT2D eigenvalue weighted by atomic mass is 16.6. The smallest absolute Gasteiger partial charge is 0.415 e. The Bertz CT molecular complexity index is 1090. The minimum Gasteiger partial charge on any atom is -0.443 e. The Balaban J connectivity index is 1.77. The summed E-state index contributed by atoms with van der Waals surface area (Å²) in [5.74, 6) is 0.497. The molecule has 4 rings (SSSR count). The maximum Gasteiger partial charge on any atom is 0.415 e. The van der Waals surface area contributed by atoms with Gasteiger partial charge in [-0.15, -0.1) is 0 Å². The lowest BCUT2D eigenvalue weighted by Crippen LogP contribution is -2.34. The lowest BCUT2D eigenvalue weighted by Gasteiger charge is -2.26. The van der Waals surface area contributed by atoms with Crippen molar-refractivity contribution in [3.8, 4) is 11.3 Å². The van der Waals surface area contributed by atoms with Crippen LogP contribution in [0.25, 0.3) is 22.2 Å². The average Bonchev–Trinajstić information content (AvgIpc) is 3.30. The minimum atomic E-state index is -0.590. The third kappa shape index (κ3) is 4.41. The van der Waals surface area contributed by atoms with Crippen molar-refractivity contribution < 1.29 is 14.6 Å². The van der Waals surface area contributed by atoms with E-state index in [9.17, 15) is 9.90 Å². The van der Waals surface area contributed by atoms with Crippen molar-refractivity contribution in [2.24, 2.45) is 7.05 Å². The lowest BCUT2D eigenvalue weighted by atomic mass is 9.93. The number of hydrogen-bond donors (Lipinski definition) is 1. The van der Waals surface area contributed by atoms with Gasteiger partial charge in [-0.05, 0) is 46.5 Å². The summed E-state index contributed by atoms with van der Waals surface area (Å²) in [6.07, 6.45) is 7.98. The molecule has 0 radical (unpaired) electrons. The van der Waals surface area contributed by atoms with Crippen LogP contribution in [0.5, 0.6) is 0 Å². The number of hydrogen-bond acceptors (Lipinski definition) is 6. The Hall–Kier alpha value is -2.94. The fraction of sp³-hybridized carbons (Fsp3) is 0.545. The molecule has 3 aromatic rings. The molecule has 9 heteroatoms. The van der Waals surface area contributed by atoms with Crippen LogP contribution in [-0.4, -0.2) is 54.5 Å². The van der Waals surface area contributed by atoms with Gasteiger partial charge in [-0.2, -0.15) is 10.2 Å². The lowest BCUT2D eigenvalue weighted by molar-refractivity contribution is 0.0588. The van der Waals surface area contributed by atoms with Gasteiger partial charge in [0, 0.05) is 43.5 Å². The number of anilines is 1. The molecule has 0 aliphatic heterocycles. The van der Waals surface area contributed by atoms with E-state index in [1.165, 1.54) is 4.90 Å². The molecule has 3 heterocycles. The van der Waals surface area contributed by atoms with Crippen LogP contribution in [0.2, 0.25) is 0 Å². The summed E-state index contributed by atoms with van der Waals surface area (Å²) >= 11 is 0. The fourth-order valence-corrected chi connectivity index (χ4v) is 3.97. The maximum atomic E-state index is 12.5. The number of aromatic nitrogens is 5. The van der Waals surface area contributed by atoms with E-state index in [1.807, 2.05) is 44.8 Å². The van der Waals surface area contributed by atoms with Gasteiger partial charge in [0.15, 0.2) is 0 Å².